The zero-order chi connectivity index (χ0) is 15.1. The first-order chi connectivity index (χ1) is 10.1. The van der Waals surface area contributed by atoms with Gasteiger partial charge in [0.1, 0.15) is 0 Å². The number of nitrogens with zero attached hydrogens (tertiary/aromatic N) is 2. The van der Waals surface area contributed by atoms with Gasteiger partial charge in [-0.3, -0.25) is 0 Å². The van der Waals surface area contributed by atoms with Crippen LogP contribution in [0.3, 0.4) is 0 Å². The molecule has 0 bridgehead atoms. The van der Waals surface area contributed by atoms with Gasteiger partial charge < -0.3 is 20.4 Å². The number of anilines is 2. The molecule has 0 atom stereocenters. The molecule has 1 heterocycles. The smallest absolute Gasteiger partial charge is 0.170 e. The van der Waals surface area contributed by atoms with Gasteiger partial charge >= 0.3 is 0 Å². The third kappa shape index (κ3) is 5.52. The predicted molar refractivity (Wildman–Crippen MR) is 95.3 cm³/mol. The molecule has 0 amide bonds. The predicted octanol–water partition coefficient (Wildman–Crippen LogP) is 2.52. The van der Waals surface area contributed by atoms with Gasteiger partial charge in [-0.25, -0.2) is 0 Å². The Labute approximate surface area is 133 Å². The van der Waals surface area contributed by atoms with E-state index in [2.05, 4.69) is 58.8 Å². The van der Waals surface area contributed by atoms with Crippen molar-refractivity contribution in [2.24, 2.45) is 0 Å². The summed E-state index contributed by atoms with van der Waals surface area (Å²) in [5, 5.41) is 7.12. The zero-order valence-electron chi connectivity index (χ0n) is 13.1. The van der Waals surface area contributed by atoms with E-state index in [4.69, 9.17) is 12.2 Å². The first-order valence-corrected chi connectivity index (χ1v) is 8.10. The Hall–Kier alpha value is -1.33. The molecule has 0 aliphatic carbocycles. The molecule has 0 radical (unpaired) electrons. The van der Waals surface area contributed by atoms with Crippen molar-refractivity contribution in [3.05, 3.63) is 24.3 Å². The van der Waals surface area contributed by atoms with Crippen molar-refractivity contribution in [1.82, 2.24) is 10.2 Å². The van der Waals surface area contributed by atoms with Crippen molar-refractivity contribution >= 4 is 28.7 Å². The van der Waals surface area contributed by atoms with Gasteiger partial charge in [-0.2, -0.15) is 0 Å². The molecule has 1 aromatic rings. The highest BCUT2D eigenvalue weighted by molar-refractivity contribution is 7.80. The molecule has 5 heteroatoms. The molecule has 1 aliphatic rings. The summed E-state index contributed by atoms with van der Waals surface area (Å²) in [7, 11) is 4.11. The minimum atomic E-state index is 0.683. The van der Waals surface area contributed by atoms with Crippen LogP contribution in [0.4, 0.5) is 11.4 Å². The number of thiocarbonyl (C=S) groups is 1. The molecule has 1 aromatic carbocycles. The number of nitrogens with one attached hydrogen (secondary N) is 2. The Balaban J connectivity index is 1.80. The van der Waals surface area contributed by atoms with Crippen LogP contribution in [0.2, 0.25) is 0 Å². The fourth-order valence-electron chi connectivity index (χ4n) is 2.48. The third-order valence-electron chi connectivity index (χ3n) is 3.69. The minimum Gasteiger partial charge on any atom is -0.372 e. The van der Waals surface area contributed by atoms with Crippen molar-refractivity contribution in [3.8, 4) is 0 Å². The lowest BCUT2D eigenvalue weighted by Gasteiger charge is -2.28. The van der Waals surface area contributed by atoms with E-state index in [-0.39, 0.29) is 0 Å². The largest absolute Gasteiger partial charge is 0.372 e. The second-order valence-electron chi connectivity index (χ2n) is 5.78. The summed E-state index contributed by atoms with van der Waals surface area (Å²) in [5.74, 6) is 0. The molecule has 1 aliphatic heterocycles. The molecule has 1 saturated heterocycles. The molecule has 0 unspecified atom stereocenters. The number of hydrogen-bond donors (Lipinski definition) is 2. The number of likely N-dealkylation sites (N-methyl/N-ethyl adjacent to an activating group) is 1. The highest BCUT2D eigenvalue weighted by Crippen LogP contribution is 2.21. The summed E-state index contributed by atoms with van der Waals surface area (Å²) < 4.78 is 0. The Morgan fingerprint density at radius 2 is 1.81 bits per heavy atom. The second-order valence-corrected chi connectivity index (χ2v) is 6.19. The summed E-state index contributed by atoms with van der Waals surface area (Å²) in [6.07, 6.45) is 3.97. The van der Waals surface area contributed by atoms with E-state index in [9.17, 15) is 0 Å². The lowest BCUT2D eigenvalue weighted by molar-refractivity contribution is 0.413. The quantitative estimate of drug-likeness (QED) is 0.816. The van der Waals surface area contributed by atoms with Crippen LogP contribution in [0.15, 0.2) is 24.3 Å². The molecule has 0 spiro atoms. The van der Waals surface area contributed by atoms with Gasteiger partial charge in [-0.1, -0.05) is 0 Å². The first kappa shape index (κ1) is 16.0. The van der Waals surface area contributed by atoms with E-state index in [0.717, 1.165) is 18.8 Å². The van der Waals surface area contributed by atoms with E-state index in [1.165, 1.54) is 38.0 Å². The van der Waals surface area contributed by atoms with Gasteiger partial charge in [0.05, 0.1) is 0 Å². The lowest BCUT2D eigenvalue weighted by Crippen LogP contribution is -2.34. The van der Waals surface area contributed by atoms with Crippen molar-refractivity contribution in [2.75, 3.05) is 50.5 Å². The number of piperidine rings is 1. The van der Waals surface area contributed by atoms with Gasteiger partial charge in [0, 0.05) is 37.6 Å². The third-order valence-corrected chi connectivity index (χ3v) is 3.94. The highest BCUT2D eigenvalue weighted by Gasteiger charge is 2.10. The van der Waals surface area contributed by atoms with Crippen LogP contribution in [0.1, 0.15) is 19.3 Å². The molecule has 2 N–H and O–H groups in total. The van der Waals surface area contributed by atoms with Crippen LogP contribution in [0.5, 0.6) is 0 Å². The van der Waals surface area contributed by atoms with Gasteiger partial charge in [0.2, 0.25) is 0 Å². The molecule has 116 valence electrons. The number of benzene rings is 1. The maximum Gasteiger partial charge on any atom is 0.170 e. The number of rotatable bonds is 5. The summed E-state index contributed by atoms with van der Waals surface area (Å²) in [6, 6.07) is 8.56. The molecule has 4 nitrogen and oxygen atoms in total. The van der Waals surface area contributed by atoms with Crippen LogP contribution in [0.25, 0.3) is 0 Å². The van der Waals surface area contributed by atoms with Crippen LogP contribution >= 0.6 is 12.2 Å². The van der Waals surface area contributed by atoms with Crippen LogP contribution in [0, 0.1) is 0 Å². The number of hydrogen-bond acceptors (Lipinski definition) is 3. The van der Waals surface area contributed by atoms with Gasteiger partial charge in [0.25, 0.3) is 0 Å². The highest BCUT2D eigenvalue weighted by atomic mass is 32.1. The Kier molecular flexibility index (Phi) is 6.26. The van der Waals surface area contributed by atoms with Crippen molar-refractivity contribution in [3.63, 3.8) is 0 Å². The average molecular weight is 306 g/mol. The Bertz CT molecular complexity index is 438. The van der Waals surface area contributed by atoms with Crippen LogP contribution in [-0.2, 0) is 0 Å². The molecule has 21 heavy (non-hydrogen) atoms. The van der Waals surface area contributed by atoms with Gasteiger partial charge in [-0.05, 0) is 69.8 Å². The van der Waals surface area contributed by atoms with E-state index in [1.807, 2.05) is 0 Å². The van der Waals surface area contributed by atoms with Crippen LogP contribution < -0.4 is 15.5 Å². The molecule has 0 saturated carbocycles. The minimum absolute atomic E-state index is 0.683. The van der Waals surface area contributed by atoms with E-state index in [0.29, 0.717) is 5.11 Å². The van der Waals surface area contributed by atoms with E-state index < -0.39 is 0 Å². The van der Waals surface area contributed by atoms with Crippen molar-refractivity contribution in [1.29, 1.82) is 0 Å². The summed E-state index contributed by atoms with van der Waals surface area (Å²) in [5.41, 5.74) is 2.35. The summed E-state index contributed by atoms with van der Waals surface area (Å²) >= 11 is 5.29. The van der Waals surface area contributed by atoms with E-state index >= 15 is 0 Å². The molecule has 0 aromatic heterocycles. The second kappa shape index (κ2) is 8.20. The maximum absolute atomic E-state index is 5.29. The SMILES string of the molecule is CN(C)CCNC(=S)Nc1ccc(N2CCCCC2)cc1. The fourth-order valence-corrected chi connectivity index (χ4v) is 2.70. The van der Waals surface area contributed by atoms with Gasteiger partial charge in [-0.15, -0.1) is 0 Å². The molecular weight excluding hydrogens is 280 g/mol. The summed E-state index contributed by atoms with van der Waals surface area (Å²) in [4.78, 5) is 4.59. The molecular formula is C16H26N4S. The molecule has 1 fully saturated rings. The Morgan fingerprint density at radius 3 is 2.43 bits per heavy atom. The zero-order valence-corrected chi connectivity index (χ0v) is 13.9. The van der Waals surface area contributed by atoms with E-state index in [1.54, 1.807) is 0 Å². The fraction of sp³-hybridized carbons (Fsp3) is 0.562. The molecule has 2 rings (SSSR count). The first-order valence-electron chi connectivity index (χ1n) is 7.70. The van der Waals surface area contributed by atoms with Crippen LogP contribution in [-0.4, -0.2) is 50.3 Å². The topological polar surface area (TPSA) is 30.5 Å². The van der Waals surface area contributed by atoms with Crippen molar-refractivity contribution in [2.45, 2.75) is 19.3 Å². The Morgan fingerprint density at radius 1 is 1.14 bits per heavy atom. The lowest BCUT2D eigenvalue weighted by atomic mass is 10.1. The normalized spacial score (nSPS) is 15.1. The monoisotopic (exact) mass is 306 g/mol. The van der Waals surface area contributed by atoms with Gasteiger partial charge in [0.15, 0.2) is 5.11 Å². The standard InChI is InChI=1S/C16H26N4S/c1-19(2)13-10-17-16(21)18-14-6-8-15(9-7-14)20-11-4-3-5-12-20/h6-9H,3-5,10-13H2,1-2H3,(H2,17,18,21). The average Bonchev–Trinajstić information content (AvgIpc) is 2.48. The van der Waals surface area contributed by atoms with Crippen molar-refractivity contribution < 1.29 is 0 Å². The maximum atomic E-state index is 5.29. The summed E-state index contributed by atoms with van der Waals surface area (Å²) in [6.45, 7) is 4.18.